The van der Waals surface area contributed by atoms with Crippen LogP contribution in [-0.4, -0.2) is 28.5 Å². The predicted octanol–water partition coefficient (Wildman–Crippen LogP) is 4.21. The van der Waals surface area contributed by atoms with Crippen LogP contribution in [0.15, 0.2) is 54.7 Å². The Kier molecular flexibility index (Phi) is 5.21. The molecule has 0 bridgehead atoms. The maximum atomic E-state index is 13.2. The molecule has 1 aromatic heterocycles. The van der Waals surface area contributed by atoms with Crippen LogP contribution in [0.4, 0.5) is 10.3 Å². The normalized spacial score (nSPS) is 17.0. The molecule has 0 spiro atoms. The van der Waals surface area contributed by atoms with Crippen molar-refractivity contribution in [2.24, 2.45) is 0 Å². The zero-order chi connectivity index (χ0) is 19.5. The Bertz CT molecular complexity index is 944. The average molecular weight is 378 g/mol. The summed E-state index contributed by atoms with van der Waals surface area (Å²) in [6.45, 7) is 1.71. The van der Waals surface area contributed by atoms with E-state index in [1.165, 1.54) is 12.1 Å². The maximum absolute atomic E-state index is 13.2. The number of nitrogens with two attached hydrogens (primary N) is 1. The Labute approximate surface area is 164 Å². The average Bonchev–Trinajstić information content (AvgIpc) is 3.18. The molecule has 0 amide bonds. The molecule has 1 saturated heterocycles. The van der Waals surface area contributed by atoms with Crippen molar-refractivity contribution in [1.29, 1.82) is 0 Å². The van der Waals surface area contributed by atoms with Gasteiger partial charge in [0, 0.05) is 18.3 Å². The van der Waals surface area contributed by atoms with E-state index in [1.807, 2.05) is 36.4 Å². The first-order valence-corrected chi connectivity index (χ1v) is 9.39. The van der Waals surface area contributed by atoms with Crippen molar-refractivity contribution in [2.75, 3.05) is 19.4 Å². The van der Waals surface area contributed by atoms with Gasteiger partial charge in [-0.15, -0.1) is 0 Å². The Hall–Kier alpha value is -2.99. The number of nitrogen functional groups attached to an aromatic ring is 1. The van der Waals surface area contributed by atoms with Crippen molar-refractivity contribution < 1.29 is 9.13 Å². The minimum Gasteiger partial charge on any atom is -0.497 e. The molecule has 5 nitrogen and oxygen atoms in total. The number of nitrogens with zero attached hydrogens (tertiary/aromatic N) is 3. The summed E-state index contributed by atoms with van der Waals surface area (Å²) >= 11 is 0. The van der Waals surface area contributed by atoms with Gasteiger partial charge >= 0.3 is 0 Å². The van der Waals surface area contributed by atoms with Crippen molar-refractivity contribution in [1.82, 2.24) is 14.9 Å². The van der Waals surface area contributed by atoms with Gasteiger partial charge in [-0.2, -0.15) is 0 Å². The fourth-order valence-electron chi connectivity index (χ4n) is 3.81. The van der Waals surface area contributed by atoms with Crippen molar-refractivity contribution in [3.63, 3.8) is 0 Å². The molecule has 4 rings (SSSR count). The topological polar surface area (TPSA) is 64.3 Å². The van der Waals surface area contributed by atoms with Gasteiger partial charge in [-0.05, 0) is 54.8 Å². The second-order valence-corrected chi connectivity index (χ2v) is 7.01. The van der Waals surface area contributed by atoms with Crippen molar-refractivity contribution >= 4 is 5.95 Å². The maximum Gasteiger partial charge on any atom is 0.220 e. The molecular weight excluding hydrogens is 355 g/mol. The molecule has 0 saturated carbocycles. The number of anilines is 1. The molecule has 1 atom stereocenters. The van der Waals surface area contributed by atoms with Crippen LogP contribution in [0.5, 0.6) is 5.75 Å². The van der Waals surface area contributed by atoms with Gasteiger partial charge < -0.3 is 10.5 Å². The van der Waals surface area contributed by atoms with Gasteiger partial charge in [-0.25, -0.2) is 14.4 Å². The number of likely N-dealkylation sites (tertiary alicyclic amines) is 1. The van der Waals surface area contributed by atoms with Crippen LogP contribution in [0.3, 0.4) is 0 Å². The van der Waals surface area contributed by atoms with Crippen LogP contribution in [0.25, 0.3) is 11.1 Å². The van der Waals surface area contributed by atoms with Gasteiger partial charge in [0.15, 0.2) is 0 Å². The van der Waals surface area contributed by atoms with Crippen LogP contribution >= 0.6 is 0 Å². The number of ether oxygens (including phenoxy) is 1. The van der Waals surface area contributed by atoms with E-state index in [0.717, 1.165) is 54.1 Å². The van der Waals surface area contributed by atoms with E-state index < -0.39 is 0 Å². The third kappa shape index (κ3) is 3.82. The summed E-state index contributed by atoms with van der Waals surface area (Å²) in [4.78, 5) is 11.2. The minimum atomic E-state index is -0.216. The second kappa shape index (κ2) is 7.94. The number of hydrogen-bond donors (Lipinski definition) is 1. The van der Waals surface area contributed by atoms with Crippen LogP contribution in [0, 0.1) is 5.82 Å². The molecule has 2 aromatic carbocycles. The third-order valence-electron chi connectivity index (χ3n) is 5.22. The number of hydrogen-bond acceptors (Lipinski definition) is 5. The third-order valence-corrected chi connectivity index (χ3v) is 5.22. The first kappa shape index (κ1) is 18.4. The molecule has 1 unspecified atom stereocenters. The summed E-state index contributed by atoms with van der Waals surface area (Å²) in [5.74, 6) is 0.869. The number of halogens is 1. The SMILES string of the molecule is COc1ccc(-c2cnc(N)nc2C2CCCN2Cc2ccc(F)cc2)cc1. The van der Waals surface area contributed by atoms with Gasteiger partial charge in [0.2, 0.25) is 5.95 Å². The number of methoxy groups -OCH3 is 1. The fourth-order valence-corrected chi connectivity index (χ4v) is 3.81. The van der Waals surface area contributed by atoms with Crippen LogP contribution in [0.2, 0.25) is 0 Å². The van der Waals surface area contributed by atoms with Crippen molar-refractivity contribution in [2.45, 2.75) is 25.4 Å². The Morgan fingerprint density at radius 1 is 1.14 bits per heavy atom. The highest BCUT2D eigenvalue weighted by molar-refractivity contribution is 5.67. The lowest BCUT2D eigenvalue weighted by atomic mass is 9.99. The molecule has 0 aliphatic carbocycles. The van der Waals surface area contributed by atoms with E-state index in [2.05, 4.69) is 14.9 Å². The Morgan fingerprint density at radius 3 is 2.61 bits per heavy atom. The van der Waals surface area contributed by atoms with Gasteiger partial charge in [0.1, 0.15) is 11.6 Å². The second-order valence-electron chi connectivity index (χ2n) is 7.01. The monoisotopic (exact) mass is 378 g/mol. The Balaban J connectivity index is 1.66. The standard InChI is InChI=1S/C22H23FN4O/c1-28-18-10-6-16(7-11-18)19-13-25-22(24)26-21(19)20-3-2-12-27(20)14-15-4-8-17(23)9-5-15/h4-11,13,20H,2-3,12,14H2,1H3,(H2,24,25,26). The van der Waals surface area contributed by atoms with E-state index in [0.29, 0.717) is 0 Å². The van der Waals surface area contributed by atoms with E-state index in [9.17, 15) is 4.39 Å². The highest BCUT2D eigenvalue weighted by atomic mass is 19.1. The number of rotatable bonds is 5. The zero-order valence-corrected chi connectivity index (χ0v) is 15.8. The highest BCUT2D eigenvalue weighted by Gasteiger charge is 2.29. The van der Waals surface area contributed by atoms with Crippen LogP contribution < -0.4 is 10.5 Å². The van der Waals surface area contributed by atoms with Gasteiger partial charge in [0.25, 0.3) is 0 Å². The van der Waals surface area contributed by atoms with Crippen LogP contribution in [-0.2, 0) is 6.54 Å². The molecule has 1 fully saturated rings. The molecule has 0 radical (unpaired) electrons. The Morgan fingerprint density at radius 2 is 1.89 bits per heavy atom. The molecule has 1 aliphatic rings. The molecule has 144 valence electrons. The van der Waals surface area contributed by atoms with Crippen molar-refractivity contribution in [3.05, 3.63) is 71.8 Å². The summed E-state index contributed by atoms with van der Waals surface area (Å²) in [5, 5.41) is 0. The summed E-state index contributed by atoms with van der Waals surface area (Å²) in [6, 6.07) is 14.7. The van der Waals surface area contributed by atoms with Gasteiger partial charge in [-0.3, -0.25) is 4.90 Å². The van der Waals surface area contributed by atoms with Gasteiger partial charge in [-0.1, -0.05) is 24.3 Å². The molecule has 6 heteroatoms. The predicted molar refractivity (Wildman–Crippen MR) is 107 cm³/mol. The van der Waals surface area contributed by atoms with E-state index in [-0.39, 0.29) is 17.8 Å². The molecule has 28 heavy (non-hydrogen) atoms. The first-order valence-electron chi connectivity index (χ1n) is 9.39. The fraction of sp³-hybridized carbons (Fsp3) is 0.273. The van der Waals surface area contributed by atoms with E-state index in [1.54, 1.807) is 13.3 Å². The smallest absolute Gasteiger partial charge is 0.220 e. The summed E-state index contributed by atoms with van der Waals surface area (Å²) in [5.41, 5.74) is 9.97. The molecular formula is C22H23FN4O. The van der Waals surface area contributed by atoms with E-state index >= 15 is 0 Å². The van der Waals surface area contributed by atoms with Crippen molar-refractivity contribution in [3.8, 4) is 16.9 Å². The van der Waals surface area contributed by atoms with E-state index in [4.69, 9.17) is 10.5 Å². The number of benzene rings is 2. The van der Waals surface area contributed by atoms with Gasteiger partial charge in [0.05, 0.1) is 18.8 Å². The lowest BCUT2D eigenvalue weighted by Crippen LogP contribution is -2.24. The molecule has 2 heterocycles. The summed E-state index contributed by atoms with van der Waals surface area (Å²) in [7, 11) is 1.65. The lowest BCUT2D eigenvalue weighted by Gasteiger charge is -2.26. The quantitative estimate of drug-likeness (QED) is 0.720. The first-order chi connectivity index (χ1) is 13.6. The zero-order valence-electron chi connectivity index (χ0n) is 15.8. The molecule has 1 aliphatic heterocycles. The molecule has 2 N–H and O–H groups in total. The highest BCUT2D eigenvalue weighted by Crippen LogP contribution is 2.37. The lowest BCUT2D eigenvalue weighted by molar-refractivity contribution is 0.245. The molecule has 3 aromatic rings. The summed E-state index contributed by atoms with van der Waals surface area (Å²) in [6.07, 6.45) is 3.88. The van der Waals surface area contributed by atoms with Crippen LogP contribution in [0.1, 0.15) is 30.1 Å². The summed E-state index contributed by atoms with van der Waals surface area (Å²) < 4.78 is 18.5. The number of aromatic nitrogens is 2. The minimum absolute atomic E-state index is 0.146. The largest absolute Gasteiger partial charge is 0.497 e.